The lowest BCUT2D eigenvalue weighted by Gasteiger charge is -2.30. The molecule has 1 N–H and O–H groups in total. The molecule has 0 unspecified atom stereocenters. The normalized spacial score (nSPS) is 17.6. The van der Waals surface area contributed by atoms with Crippen LogP contribution in [0.15, 0.2) is 54.1 Å². The number of fused-ring (bicyclic) bond motifs is 1. The molecule has 5 rings (SSSR count). The molecule has 3 aromatic rings. The summed E-state index contributed by atoms with van der Waals surface area (Å²) in [6, 6.07) is 9.41. The Balaban J connectivity index is 1.43. The minimum atomic E-state index is -0.704. The average Bonchev–Trinajstić information content (AvgIpc) is 3.46. The standard InChI is InChI=1S/C31H32N4O4/c1-20(2)38-31(37)27-28(36)26(18-23-19-33-30-25(23)8-5-11-32-30)39-29(27)24-10-9-22(17-21(24)3)7-6-12-35-15-13-34(4)14-16-35/h5,8-11,17-20H,12-16H2,1-4H3,(H,32,33)/b26-18-. The van der Waals surface area contributed by atoms with E-state index in [2.05, 4.69) is 38.7 Å². The minimum Gasteiger partial charge on any atom is -0.459 e. The number of Topliss-reactive ketones (excluding diaryl/α,β-unsaturated/α-hetero) is 1. The number of ketones is 1. The summed E-state index contributed by atoms with van der Waals surface area (Å²) in [5, 5.41) is 0.844. The maximum Gasteiger partial charge on any atom is 0.346 e. The number of hydrogen-bond acceptors (Lipinski definition) is 7. The maximum absolute atomic E-state index is 13.5. The van der Waals surface area contributed by atoms with Crippen LogP contribution in [-0.2, 0) is 19.1 Å². The van der Waals surface area contributed by atoms with Gasteiger partial charge in [-0.15, -0.1) is 0 Å². The highest BCUT2D eigenvalue weighted by Gasteiger charge is 2.38. The molecule has 1 saturated heterocycles. The van der Waals surface area contributed by atoms with Crippen molar-refractivity contribution < 1.29 is 19.1 Å². The van der Waals surface area contributed by atoms with Gasteiger partial charge in [-0.25, -0.2) is 9.78 Å². The Labute approximate surface area is 228 Å². The van der Waals surface area contributed by atoms with Gasteiger partial charge in [0.05, 0.1) is 12.6 Å². The zero-order chi connectivity index (χ0) is 27.5. The van der Waals surface area contributed by atoms with Gasteiger partial charge in [0.1, 0.15) is 5.65 Å². The molecule has 0 radical (unpaired) electrons. The van der Waals surface area contributed by atoms with Crippen LogP contribution in [0.1, 0.15) is 36.1 Å². The number of aryl methyl sites for hydroxylation is 1. The first-order valence-corrected chi connectivity index (χ1v) is 13.1. The van der Waals surface area contributed by atoms with Crippen LogP contribution in [0.3, 0.4) is 0 Å². The lowest BCUT2D eigenvalue weighted by Crippen LogP contribution is -2.44. The van der Waals surface area contributed by atoms with Crippen molar-refractivity contribution in [2.75, 3.05) is 39.8 Å². The third-order valence-corrected chi connectivity index (χ3v) is 6.81. The molecule has 8 nitrogen and oxygen atoms in total. The lowest BCUT2D eigenvalue weighted by atomic mass is 10.00. The molecule has 0 amide bonds. The number of ether oxygens (including phenoxy) is 2. The predicted molar refractivity (Wildman–Crippen MR) is 150 cm³/mol. The van der Waals surface area contributed by atoms with E-state index in [0.29, 0.717) is 11.2 Å². The van der Waals surface area contributed by atoms with Gasteiger partial charge in [-0.3, -0.25) is 9.69 Å². The number of hydrogen-bond donors (Lipinski definition) is 1. The monoisotopic (exact) mass is 524 g/mol. The van der Waals surface area contributed by atoms with Crippen LogP contribution in [0.5, 0.6) is 0 Å². The van der Waals surface area contributed by atoms with Crippen molar-refractivity contribution in [3.8, 4) is 11.8 Å². The number of aromatic amines is 1. The number of aromatic nitrogens is 2. The number of nitrogens with zero attached hydrogens (tertiary/aromatic N) is 3. The van der Waals surface area contributed by atoms with E-state index in [-0.39, 0.29) is 23.2 Å². The van der Waals surface area contributed by atoms with Gasteiger partial charge in [0, 0.05) is 60.6 Å². The van der Waals surface area contributed by atoms with Gasteiger partial charge < -0.3 is 19.4 Å². The Morgan fingerprint density at radius 2 is 2.03 bits per heavy atom. The summed E-state index contributed by atoms with van der Waals surface area (Å²) in [7, 11) is 2.14. The summed E-state index contributed by atoms with van der Waals surface area (Å²) in [6.45, 7) is 10.3. The molecule has 200 valence electrons. The van der Waals surface area contributed by atoms with Gasteiger partial charge in [0.15, 0.2) is 17.1 Å². The fraction of sp³-hybridized carbons (Fsp3) is 0.323. The number of carbonyl (C=O) groups excluding carboxylic acids is 2. The molecular formula is C31H32N4O4. The quantitative estimate of drug-likeness (QED) is 0.235. The van der Waals surface area contributed by atoms with Crippen molar-refractivity contribution in [2.24, 2.45) is 0 Å². The second-order valence-corrected chi connectivity index (χ2v) is 10.2. The number of benzene rings is 1. The zero-order valence-electron chi connectivity index (χ0n) is 22.7. The molecule has 1 fully saturated rings. The number of nitrogens with one attached hydrogen (secondary N) is 1. The van der Waals surface area contributed by atoms with Gasteiger partial charge in [-0.2, -0.15) is 0 Å². The number of pyridine rings is 1. The number of rotatable bonds is 5. The maximum atomic E-state index is 13.5. The van der Waals surface area contributed by atoms with Crippen LogP contribution >= 0.6 is 0 Å². The number of likely N-dealkylation sites (N-methyl/N-ethyl adjacent to an activating group) is 1. The van der Waals surface area contributed by atoms with Crippen molar-refractivity contribution in [1.29, 1.82) is 0 Å². The second-order valence-electron chi connectivity index (χ2n) is 10.2. The summed E-state index contributed by atoms with van der Waals surface area (Å²) in [5.41, 5.74) is 3.68. The summed E-state index contributed by atoms with van der Waals surface area (Å²) in [4.78, 5) is 38.6. The highest BCUT2D eigenvalue weighted by molar-refractivity contribution is 6.31. The third kappa shape index (κ3) is 5.80. The molecule has 2 aliphatic heterocycles. The number of esters is 1. The summed E-state index contributed by atoms with van der Waals surface area (Å²) in [5.74, 6) is 5.56. The summed E-state index contributed by atoms with van der Waals surface area (Å²) in [6.07, 6.45) is 4.69. The molecule has 2 aliphatic rings. The van der Waals surface area contributed by atoms with Gasteiger partial charge in [-0.05, 0) is 69.8 Å². The smallest absolute Gasteiger partial charge is 0.346 e. The SMILES string of the molecule is Cc1cc(C#CCN2CCN(C)CC2)ccc1C1=C(C(=O)OC(C)C)C(=O)/C(=C/c2c[nH]c3ncccc23)O1. The zero-order valence-corrected chi connectivity index (χ0v) is 22.7. The van der Waals surface area contributed by atoms with E-state index in [9.17, 15) is 9.59 Å². The number of H-pyrrole nitrogens is 1. The molecule has 2 aromatic heterocycles. The number of allylic oxidation sites excluding steroid dienone is 1. The molecule has 39 heavy (non-hydrogen) atoms. The van der Waals surface area contributed by atoms with Crippen molar-refractivity contribution in [3.63, 3.8) is 0 Å². The van der Waals surface area contributed by atoms with E-state index in [1.807, 2.05) is 37.3 Å². The third-order valence-electron chi connectivity index (χ3n) is 6.81. The first kappa shape index (κ1) is 26.4. The Bertz CT molecular complexity index is 1550. The Morgan fingerprint density at radius 1 is 1.23 bits per heavy atom. The molecule has 0 saturated carbocycles. The number of piperazine rings is 1. The molecule has 0 spiro atoms. The van der Waals surface area contributed by atoms with Crippen LogP contribution in [0, 0.1) is 18.8 Å². The first-order chi connectivity index (χ1) is 18.8. The summed E-state index contributed by atoms with van der Waals surface area (Å²) >= 11 is 0. The van der Waals surface area contributed by atoms with Crippen molar-refractivity contribution in [3.05, 3.63) is 76.3 Å². The topological polar surface area (TPSA) is 87.8 Å². The Morgan fingerprint density at radius 3 is 2.77 bits per heavy atom. The summed E-state index contributed by atoms with van der Waals surface area (Å²) < 4.78 is 11.5. The average molecular weight is 525 g/mol. The van der Waals surface area contributed by atoms with Gasteiger partial charge in [0.25, 0.3) is 0 Å². The Hall–Kier alpha value is -4.19. The van der Waals surface area contributed by atoms with Gasteiger partial charge >= 0.3 is 5.97 Å². The van der Waals surface area contributed by atoms with Gasteiger partial charge in [0.2, 0.25) is 5.78 Å². The van der Waals surface area contributed by atoms with Gasteiger partial charge in [-0.1, -0.05) is 11.8 Å². The molecular weight excluding hydrogens is 492 g/mol. The molecule has 0 bridgehead atoms. The molecule has 4 heterocycles. The first-order valence-electron chi connectivity index (χ1n) is 13.1. The predicted octanol–water partition coefficient (Wildman–Crippen LogP) is 3.77. The lowest BCUT2D eigenvalue weighted by molar-refractivity contribution is -0.143. The highest BCUT2D eigenvalue weighted by Crippen LogP contribution is 2.36. The van der Waals surface area contributed by atoms with Crippen LogP contribution in [0.2, 0.25) is 0 Å². The largest absolute Gasteiger partial charge is 0.459 e. The van der Waals surface area contributed by atoms with Crippen LogP contribution in [-0.4, -0.2) is 77.4 Å². The van der Waals surface area contributed by atoms with Crippen molar-refractivity contribution in [1.82, 2.24) is 19.8 Å². The Kier molecular flexibility index (Phi) is 7.64. The van der Waals surface area contributed by atoms with E-state index in [4.69, 9.17) is 9.47 Å². The fourth-order valence-corrected chi connectivity index (χ4v) is 4.67. The van der Waals surface area contributed by atoms with E-state index in [1.165, 1.54) is 0 Å². The minimum absolute atomic E-state index is 0.0564. The number of carbonyl (C=O) groups is 2. The molecule has 0 aliphatic carbocycles. The molecule has 8 heteroatoms. The van der Waals surface area contributed by atoms with Crippen LogP contribution < -0.4 is 0 Å². The van der Waals surface area contributed by atoms with E-state index < -0.39 is 11.8 Å². The van der Waals surface area contributed by atoms with E-state index >= 15 is 0 Å². The van der Waals surface area contributed by atoms with Crippen molar-refractivity contribution in [2.45, 2.75) is 26.9 Å². The van der Waals surface area contributed by atoms with E-state index in [1.54, 1.807) is 32.3 Å². The fourth-order valence-electron chi connectivity index (χ4n) is 4.67. The van der Waals surface area contributed by atoms with Crippen LogP contribution in [0.4, 0.5) is 0 Å². The molecule has 1 aromatic carbocycles. The molecule has 0 atom stereocenters. The van der Waals surface area contributed by atoms with Crippen molar-refractivity contribution >= 4 is 34.6 Å². The highest BCUT2D eigenvalue weighted by atomic mass is 16.5. The second kappa shape index (κ2) is 11.3. The van der Waals surface area contributed by atoms with E-state index in [0.717, 1.165) is 54.8 Å². The van der Waals surface area contributed by atoms with Crippen LogP contribution in [0.25, 0.3) is 22.9 Å².